The third kappa shape index (κ3) is 1.79. The Labute approximate surface area is 152 Å². The Kier molecular flexibility index (Phi) is 3.25. The zero-order valence-corrected chi connectivity index (χ0v) is 16.0. The smallest absolute Gasteiger partial charge is 0.303 e. The van der Waals surface area contributed by atoms with Gasteiger partial charge in [-0.2, -0.15) is 0 Å². The number of rotatable bonds is 3. The summed E-state index contributed by atoms with van der Waals surface area (Å²) in [6, 6.07) is 0. The van der Waals surface area contributed by atoms with Crippen molar-refractivity contribution in [1.82, 2.24) is 0 Å². The minimum atomic E-state index is -1.40. The van der Waals surface area contributed by atoms with Crippen molar-refractivity contribution in [2.45, 2.75) is 65.6 Å². The Morgan fingerprint density at radius 2 is 1.81 bits per heavy atom. The molecule has 6 nitrogen and oxygen atoms in total. The molecule has 0 radical (unpaired) electrons. The molecule has 3 saturated carbocycles. The van der Waals surface area contributed by atoms with Crippen LogP contribution in [0.5, 0.6) is 0 Å². The fraction of sp³-hybridized carbons (Fsp3) is 0.750. The Morgan fingerprint density at radius 1 is 1.19 bits per heavy atom. The lowest BCUT2D eigenvalue weighted by Crippen LogP contribution is -2.54. The van der Waals surface area contributed by atoms with Crippen molar-refractivity contribution in [3.63, 3.8) is 0 Å². The highest BCUT2D eigenvalue weighted by Gasteiger charge is 2.84. The molecular formula is C20H26O6. The van der Waals surface area contributed by atoms with Gasteiger partial charge in [0.25, 0.3) is 0 Å². The molecule has 0 amide bonds. The number of hydrogen-bond donors (Lipinski definition) is 1. The molecule has 0 aromatic heterocycles. The van der Waals surface area contributed by atoms with E-state index in [4.69, 9.17) is 9.47 Å². The van der Waals surface area contributed by atoms with Gasteiger partial charge in [-0.05, 0) is 44.6 Å². The molecule has 4 aliphatic carbocycles. The molecule has 142 valence electrons. The number of carbonyl (C=O) groups excluding carboxylic acids is 3. The third-order valence-corrected chi connectivity index (χ3v) is 7.62. The lowest BCUT2D eigenvalue weighted by molar-refractivity contribution is -0.157. The predicted molar refractivity (Wildman–Crippen MR) is 90.8 cm³/mol. The quantitative estimate of drug-likeness (QED) is 0.610. The maximum Gasteiger partial charge on any atom is 0.303 e. The zero-order valence-electron chi connectivity index (χ0n) is 16.0. The Hall–Kier alpha value is -1.69. The molecule has 0 aromatic carbocycles. The number of aliphatic hydroxyl groups is 1. The summed E-state index contributed by atoms with van der Waals surface area (Å²) in [5, 5.41) is 11.1. The number of carbonyl (C=O) groups is 3. The van der Waals surface area contributed by atoms with Crippen LogP contribution in [0, 0.1) is 22.2 Å². The van der Waals surface area contributed by atoms with Crippen LogP contribution in [0.2, 0.25) is 0 Å². The first-order valence-corrected chi connectivity index (χ1v) is 9.25. The van der Waals surface area contributed by atoms with Crippen LogP contribution < -0.4 is 0 Å². The number of esters is 2. The summed E-state index contributed by atoms with van der Waals surface area (Å²) in [6.07, 6.45) is 1.53. The topological polar surface area (TPSA) is 89.9 Å². The number of Topliss-reactive ketones (excluding diaryl/α,β-unsaturated/α-hetero) is 1. The average molecular weight is 362 g/mol. The van der Waals surface area contributed by atoms with Gasteiger partial charge in [-0.25, -0.2) is 0 Å². The number of ether oxygens (including phenoxy) is 2. The second-order valence-corrected chi connectivity index (χ2v) is 9.03. The molecule has 4 aliphatic rings. The van der Waals surface area contributed by atoms with Gasteiger partial charge >= 0.3 is 11.9 Å². The van der Waals surface area contributed by atoms with Gasteiger partial charge in [0, 0.05) is 24.7 Å². The van der Waals surface area contributed by atoms with E-state index < -0.39 is 39.9 Å². The van der Waals surface area contributed by atoms with Crippen molar-refractivity contribution >= 4 is 17.7 Å². The maximum atomic E-state index is 13.4. The summed E-state index contributed by atoms with van der Waals surface area (Å²) in [4.78, 5) is 36.6. The summed E-state index contributed by atoms with van der Waals surface area (Å²) in [6.45, 7) is 8.31. The van der Waals surface area contributed by atoms with Crippen LogP contribution in [0.25, 0.3) is 0 Å². The lowest BCUT2D eigenvalue weighted by Gasteiger charge is -2.43. The molecule has 0 aliphatic heterocycles. The molecule has 0 saturated heterocycles. The lowest BCUT2D eigenvalue weighted by atomic mass is 9.63. The SMILES string of the molecule is CC(=O)OC[C@@]1(C)[C@H](OC(C)=O)C2=C(C)C3(CC3)[C@@](C)(O)C(=O)[C@@]23C[C@H]31. The molecule has 0 heterocycles. The van der Waals surface area contributed by atoms with Crippen molar-refractivity contribution < 1.29 is 29.0 Å². The van der Waals surface area contributed by atoms with E-state index in [2.05, 4.69) is 0 Å². The zero-order chi connectivity index (χ0) is 19.3. The molecule has 5 atom stereocenters. The summed E-state index contributed by atoms with van der Waals surface area (Å²) >= 11 is 0. The summed E-state index contributed by atoms with van der Waals surface area (Å²) in [5.41, 5.74) is -1.54. The first-order chi connectivity index (χ1) is 11.9. The second-order valence-electron chi connectivity index (χ2n) is 9.03. The number of ketones is 1. The highest BCUT2D eigenvalue weighted by atomic mass is 16.6. The van der Waals surface area contributed by atoms with Gasteiger partial charge in [-0.3, -0.25) is 14.4 Å². The van der Waals surface area contributed by atoms with Crippen LogP contribution in [-0.2, 0) is 23.9 Å². The van der Waals surface area contributed by atoms with E-state index >= 15 is 0 Å². The molecular weight excluding hydrogens is 336 g/mol. The Morgan fingerprint density at radius 3 is 2.31 bits per heavy atom. The fourth-order valence-corrected chi connectivity index (χ4v) is 6.06. The molecule has 2 spiro atoms. The Bertz CT molecular complexity index is 773. The minimum Gasteiger partial charge on any atom is -0.465 e. The van der Waals surface area contributed by atoms with Crippen LogP contribution in [0.15, 0.2) is 11.1 Å². The van der Waals surface area contributed by atoms with E-state index in [1.165, 1.54) is 13.8 Å². The fourth-order valence-electron chi connectivity index (χ4n) is 6.06. The van der Waals surface area contributed by atoms with Gasteiger partial charge in [-0.15, -0.1) is 0 Å². The van der Waals surface area contributed by atoms with Gasteiger partial charge in [0.1, 0.15) is 18.3 Å². The molecule has 0 unspecified atom stereocenters. The van der Waals surface area contributed by atoms with Crippen molar-refractivity contribution in [3.8, 4) is 0 Å². The molecule has 3 fully saturated rings. The standard InChI is InChI=1S/C20H26O6/c1-10-14-15(26-12(3)22)17(4,9-25-11(2)21)13-8-20(13,14)16(23)18(5,24)19(10)6-7-19/h13,15,24H,6-9H2,1-5H3/t13-,15+,17+,18-,20+/m0/s1. The molecule has 4 rings (SSSR count). The molecule has 0 bridgehead atoms. The van der Waals surface area contributed by atoms with E-state index in [1.807, 2.05) is 13.8 Å². The van der Waals surface area contributed by atoms with Crippen molar-refractivity contribution in [2.75, 3.05) is 6.61 Å². The van der Waals surface area contributed by atoms with E-state index in [-0.39, 0.29) is 18.3 Å². The van der Waals surface area contributed by atoms with Gasteiger partial charge in [0.15, 0.2) is 5.78 Å². The summed E-state index contributed by atoms with van der Waals surface area (Å²) in [7, 11) is 0. The predicted octanol–water partition coefficient (Wildman–Crippen LogP) is 1.94. The molecule has 1 N–H and O–H groups in total. The third-order valence-electron chi connectivity index (χ3n) is 7.62. The second kappa shape index (κ2) is 4.77. The van der Waals surface area contributed by atoms with Crippen LogP contribution >= 0.6 is 0 Å². The average Bonchev–Trinajstić information content (AvgIpc) is 3.42. The van der Waals surface area contributed by atoms with Crippen LogP contribution in [0.1, 0.15) is 53.9 Å². The van der Waals surface area contributed by atoms with Gasteiger partial charge in [0.2, 0.25) is 0 Å². The van der Waals surface area contributed by atoms with Gasteiger partial charge in [-0.1, -0.05) is 12.5 Å². The van der Waals surface area contributed by atoms with E-state index in [0.29, 0.717) is 6.42 Å². The van der Waals surface area contributed by atoms with E-state index in [9.17, 15) is 19.5 Å². The molecule has 0 aromatic rings. The first-order valence-electron chi connectivity index (χ1n) is 9.25. The van der Waals surface area contributed by atoms with Crippen LogP contribution in [-0.4, -0.2) is 41.1 Å². The Balaban J connectivity index is 1.87. The first kappa shape index (κ1) is 17.7. The van der Waals surface area contributed by atoms with Crippen molar-refractivity contribution in [1.29, 1.82) is 0 Å². The molecule has 6 heteroatoms. The van der Waals surface area contributed by atoms with Gasteiger partial charge in [0.05, 0.1) is 5.41 Å². The number of hydrogen-bond acceptors (Lipinski definition) is 6. The molecule has 26 heavy (non-hydrogen) atoms. The van der Waals surface area contributed by atoms with Gasteiger partial charge < -0.3 is 14.6 Å². The monoisotopic (exact) mass is 362 g/mol. The summed E-state index contributed by atoms with van der Waals surface area (Å²) in [5.74, 6) is -1.08. The van der Waals surface area contributed by atoms with E-state index in [1.54, 1.807) is 6.92 Å². The van der Waals surface area contributed by atoms with Crippen LogP contribution in [0.4, 0.5) is 0 Å². The minimum absolute atomic E-state index is 0.0892. The normalized spacial score (nSPS) is 44.5. The largest absolute Gasteiger partial charge is 0.465 e. The highest BCUT2D eigenvalue weighted by Crippen LogP contribution is 2.81. The van der Waals surface area contributed by atoms with E-state index in [0.717, 1.165) is 24.0 Å². The van der Waals surface area contributed by atoms with Crippen LogP contribution in [0.3, 0.4) is 0 Å². The summed E-state index contributed by atoms with van der Waals surface area (Å²) < 4.78 is 11.0. The highest BCUT2D eigenvalue weighted by molar-refractivity contribution is 6.02. The van der Waals surface area contributed by atoms with Crippen molar-refractivity contribution in [2.24, 2.45) is 22.2 Å². The maximum absolute atomic E-state index is 13.4. The van der Waals surface area contributed by atoms with Crippen molar-refractivity contribution in [3.05, 3.63) is 11.1 Å².